The Balaban J connectivity index is 1.57. The molecule has 1 aliphatic rings. The molecule has 0 aliphatic carbocycles. The average molecular weight is 274 g/mol. The number of nitrogens with zero attached hydrogens (tertiary/aromatic N) is 2. The third kappa shape index (κ3) is 4.56. The van der Waals surface area contributed by atoms with Gasteiger partial charge in [-0.15, -0.1) is 11.3 Å². The van der Waals surface area contributed by atoms with Crippen LogP contribution >= 0.6 is 22.9 Å². The molecular weight excluding hydrogens is 254 g/mol. The summed E-state index contributed by atoms with van der Waals surface area (Å²) in [5.74, 6) is 0. The van der Waals surface area contributed by atoms with Gasteiger partial charge in [-0.2, -0.15) is 0 Å². The van der Waals surface area contributed by atoms with Crippen molar-refractivity contribution in [3.05, 3.63) is 21.3 Å². The largest absolute Gasteiger partial charge is 0.311 e. The van der Waals surface area contributed by atoms with Crippen LogP contribution in [-0.4, -0.2) is 56.1 Å². The van der Waals surface area contributed by atoms with Gasteiger partial charge in [-0.1, -0.05) is 11.6 Å². The lowest BCUT2D eigenvalue weighted by atomic mass is 10.3. The smallest absolute Gasteiger partial charge is 0.0931 e. The van der Waals surface area contributed by atoms with Crippen LogP contribution in [0.5, 0.6) is 0 Å². The molecule has 0 amide bonds. The van der Waals surface area contributed by atoms with E-state index in [-0.39, 0.29) is 0 Å². The van der Waals surface area contributed by atoms with Crippen LogP contribution in [0.4, 0.5) is 0 Å². The maximum atomic E-state index is 5.89. The minimum Gasteiger partial charge on any atom is -0.311 e. The predicted molar refractivity (Wildman–Crippen MR) is 75.0 cm³/mol. The number of thiophene rings is 1. The van der Waals surface area contributed by atoms with Crippen LogP contribution in [0.1, 0.15) is 4.88 Å². The van der Waals surface area contributed by atoms with E-state index in [2.05, 4.69) is 28.2 Å². The number of rotatable bonds is 5. The van der Waals surface area contributed by atoms with Gasteiger partial charge in [-0.25, -0.2) is 0 Å². The van der Waals surface area contributed by atoms with Crippen molar-refractivity contribution in [1.82, 2.24) is 15.1 Å². The molecule has 1 saturated heterocycles. The summed E-state index contributed by atoms with van der Waals surface area (Å²) in [6.07, 6.45) is 0. The van der Waals surface area contributed by atoms with Crippen LogP contribution in [0.2, 0.25) is 4.34 Å². The molecule has 96 valence electrons. The minimum atomic E-state index is 0.876. The fourth-order valence-electron chi connectivity index (χ4n) is 1.97. The lowest BCUT2D eigenvalue weighted by molar-refractivity contribution is 0.154. The molecule has 0 bridgehead atoms. The molecule has 0 atom stereocenters. The van der Waals surface area contributed by atoms with Gasteiger partial charge in [0.1, 0.15) is 0 Å². The second-order valence-corrected chi connectivity index (χ2v) is 6.33. The van der Waals surface area contributed by atoms with Gasteiger partial charge in [0.05, 0.1) is 4.34 Å². The second kappa shape index (κ2) is 6.71. The van der Waals surface area contributed by atoms with E-state index >= 15 is 0 Å². The monoisotopic (exact) mass is 273 g/mol. The second-order valence-electron chi connectivity index (χ2n) is 4.53. The number of hydrogen-bond acceptors (Lipinski definition) is 4. The highest BCUT2D eigenvalue weighted by atomic mass is 35.5. The summed E-state index contributed by atoms with van der Waals surface area (Å²) in [6.45, 7) is 7.92. The SMILES string of the molecule is CN1CCN(CCNCc2ccc(Cl)s2)CC1. The van der Waals surface area contributed by atoms with Crippen molar-refractivity contribution in [1.29, 1.82) is 0 Å². The number of halogens is 1. The van der Waals surface area contributed by atoms with Gasteiger partial charge >= 0.3 is 0 Å². The molecule has 0 spiro atoms. The molecule has 1 aliphatic heterocycles. The third-order valence-corrected chi connectivity index (χ3v) is 4.36. The Morgan fingerprint density at radius 1 is 1.29 bits per heavy atom. The summed E-state index contributed by atoms with van der Waals surface area (Å²) in [7, 11) is 2.19. The standard InChI is InChI=1S/C12H20ClN3S/c1-15-6-8-16(9-7-15)5-4-14-10-11-2-3-12(13)17-11/h2-3,14H,4-10H2,1H3. The van der Waals surface area contributed by atoms with Gasteiger partial charge in [-0.05, 0) is 19.2 Å². The highest BCUT2D eigenvalue weighted by molar-refractivity contribution is 7.16. The first kappa shape index (κ1) is 13.3. The Kier molecular flexibility index (Phi) is 5.25. The van der Waals surface area contributed by atoms with E-state index in [0.717, 1.165) is 24.0 Å². The zero-order valence-corrected chi connectivity index (χ0v) is 11.9. The van der Waals surface area contributed by atoms with Crippen molar-refractivity contribution in [2.24, 2.45) is 0 Å². The fourth-order valence-corrected chi connectivity index (χ4v) is 3.02. The summed E-state index contributed by atoms with van der Waals surface area (Å²) >= 11 is 7.54. The highest BCUT2D eigenvalue weighted by Gasteiger charge is 2.12. The summed E-state index contributed by atoms with van der Waals surface area (Å²) < 4.78 is 0.876. The van der Waals surface area contributed by atoms with Crippen molar-refractivity contribution < 1.29 is 0 Å². The zero-order chi connectivity index (χ0) is 12.1. The topological polar surface area (TPSA) is 18.5 Å². The van der Waals surface area contributed by atoms with Gasteiger partial charge < -0.3 is 10.2 Å². The van der Waals surface area contributed by atoms with Crippen molar-refractivity contribution in [3.63, 3.8) is 0 Å². The van der Waals surface area contributed by atoms with Gasteiger partial charge in [-0.3, -0.25) is 4.90 Å². The Bertz CT molecular complexity index is 334. The zero-order valence-electron chi connectivity index (χ0n) is 10.3. The van der Waals surface area contributed by atoms with E-state index in [0.29, 0.717) is 0 Å². The molecule has 0 saturated carbocycles. The van der Waals surface area contributed by atoms with Crippen molar-refractivity contribution in [2.75, 3.05) is 46.3 Å². The Morgan fingerprint density at radius 3 is 2.71 bits per heavy atom. The van der Waals surface area contributed by atoms with Crippen molar-refractivity contribution in [3.8, 4) is 0 Å². The Hall–Kier alpha value is -0.130. The lowest BCUT2D eigenvalue weighted by Gasteiger charge is -2.32. The number of hydrogen-bond donors (Lipinski definition) is 1. The van der Waals surface area contributed by atoms with E-state index in [9.17, 15) is 0 Å². The molecule has 0 radical (unpaired) electrons. The van der Waals surface area contributed by atoms with Crippen LogP contribution in [0.25, 0.3) is 0 Å². The van der Waals surface area contributed by atoms with Gasteiger partial charge in [0, 0.05) is 50.7 Å². The molecule has 1 fully saturated rings. The van der Waals surface area contributed by atoms with Gasteiger partial charge in [0.15, 0.2) is 0 Å². The van der Waals surface area contributed by atoms with Crippen LogP contribution in [0.3, 0.4) is 0 Å². The van der Waals surface area contributed by atoms with Crippen molar-refractivity contribution in [2.45, 2.75) is 6.54 Å². The minimum absolute atomic E-state index is 0.876. The van der Waals surface area contributed by atoms with E-state index in [1.807, 2.05) is 6.07 Å². The van der Waals surface area contributed by atoms with E-state index in [1.165, 1.54) is 31.1 Å². The summed E-state index contributed by atoms with van der Waals surface area (Å²) in [6, 6.07) is 4.06. The number of nitrogens with one attached hydrogen (secondary N) is 1. The number of piperazine rings is 1. The highest BCUT2D eigenvalue weighted by Crippen LogP contribution is 2.20. The first-order valence-corrected chi connectivity index (χ1v) is 7.29. The average Bonchev–Trinajstić information content (AvgIpc) is 2.73. The summed E-state index contributed by atoms with van der Waals surface area (Å²) in [5, 5.41) is 3.47. The molecule has 0 aromatic carbocycles. The Morgan fingerprint density at radius 2 is 2.06 bits per heavy atom. The van der Waals surface area contributed by atoms with Crippen LogP contribution in [0, 0.1) is 0 Å². The third-order valence-electron chi connectivity index (χ3n) is 3.13. The van der Waals surface area contributed by atoms with E-state index in [1.54, 1.807) is 11.3 Å². The fraction of sp³-hybridized carbons (Fsp3) is 0.667. The Labute approximate surface area is 112 Å². The molecule has 2 heterocycles. The van der Waals surface area contributed by atoms with Gasteiger partial charge in [0.25, 0.3) is 0 Å². The molecule has 1 aromatic heterocycles. The lowest BCUT2D eigenvalue weighted by Crippen LogP contribution is -2.46. The molecular formula is C12H20ClN3S. The molecule has 0 unspecified atom stereocenters. The van der Waals surface area contributed by atoms with Crippen molar-refractivity contribution >= 4 is 22.9 Å². The van der Waals surface area contributed by atoms with E-state index in [4.69, 9.17) is 11.6 Å². The van der Waals surface area contributed by atoms with Crippen LogP contribution in [0.15, 0.2) is 12.1 Å². The molecule has 1 aromatic rings. The van der Waals surface area contributed by atoms with Gasteiger partial charge in [0.2, 0.25) is 0 Å². The molecule has 2 rings (SSSR count). The maximum Gasteiger partial charge on any atom is 0.0931 e. The molecule has 3 nitrogen and oxygen atoms in total. The normalized spacial score (nSPS) is 18.7. The summed E-state index contributed by atoms with van der Waals surface area (Å²) in [5.41, 5.74) is 0. The van der Waals surface area contributed by atoms with Crippen LogP contribution < -0.4 is 5.32 Å². The molecule has 17 heavy (non-hydrogen) atoms. The molecule has 1 N–H and O–H groups in total. The van der Waals surface area contributed by atoms with Crippen LogP contribution in [-0.2, 0) is 6.54 Å². The molecule has 5 heteroatoms. The summed E-state index contributed by atoms with van der Waals surface area (Å²) in [4.78, 5) is 6.22. The quantitative estimate of drug-likeness (QED) is 0.825. The number of likely N-dealkylation sites (N-methyl/N-ethyl adjacent to an activating group) is 1. The first-order valence-electron chi connectivity index (χ1n) is 6.10. The predicted octanol–water partition coefficient (Wildman–Crippen LogP) is 1.74. The first-order chi connectivity index (χ1) is 8.24. The maximum absolute atomic E-state index is 5.89. The van der Waals surface area contributed by atoms with E-state index < -0.39 is 0 Å².